The fourth-order valence-corrected chi connectivity index (χ4v) is 5.52. The molecule has 0 radical (unpaired) electrons. The zero-order valence-electron chi connectivity index (χ0n) is 31.0. The highest BCUT2D eigenvalue weighted by atomic mass is 16.6. The number of nitrogens with one attached hydrogen (secondary N) is 2. The summed E-state index contributed by atoms with van der Waals surface area (Å²) in [4.78, 5) is 51.7. The lowest BCUT2D eigenvalue weighted by Gasteiger charge is -2.25. The van der Waals surface area contributed by atoms with E-state index in [0.717, 1.165) is 30.4 Å². The van der Waals surface area contributed by atoms with E-state index >= 15 is 0 Å². The van der Waals surface area contributed by atoms with Crippen LogP contribution < -0.4 is 10.6 Å². The number of hydrogen-bond acceptors (Lipinski definition) is 7. The summed E-state index contributed by atoms with van der Waals surface area (Å²) >= 11 is 0. The molecule has 0 saturated carbocycles. The first-order valence-electron chi connectivity index (χ1n) is 18.8. The average molecular weight is 695 g/mol. The molecule has 0 aliphatic heterocycles. The first-order chi connectivity index (χ1) is 24.1. The number of carbonyl (C=O) groups excluding carboxylic acids is 4. The van der Waals surface area contributed by atoms with Crippen LogP contribution in [0.5, 0.6) is 0 Å². The maximum Gasteiger partial charge on any atom is 0.408 e. The molecular weight excluding hydrogens is 632 g/mol. The Kier molecular flexibility index (Phi) is 21.3. The average Bonchev–Trinajstić information content (AvgIpc) is 3.08. The highest BCUT2D eigenvalue weighted by molar-refractivity contribution is 5.82. The number of unbranched alkanes of at least 4 members (excludes halogenated alkanes) is 10. The number of rotatable bonds is 25. The van der Waals surface area contributed by atoms with E-state index in [9.17, 15) is 19.2 Å². The zero-order valence-corrected chi connectivity index (χ0v) is 31.0. The minimum Gasteiger partial charge on any atom is -0.461 e. The first-order valence-corrected chi connectivity index (χ1v) is 18.8. The molecular formula is C41H62N2O7. The molecule has 0 heterocycles. The molecule has 2 aromatic rings. The quantitative estimate of drug-likeness (QED) is 0.0604. The highest BCUT2D eigenvalue weighted by Crippen LogP contribution is 2.17. The van der Waals surface area contributed by atoms with E-state index in [1.54, 1.807) is 20.8 Å². The molecule has 0 saturated heterocycles. The second kappa shape index (κ2) is 25.1. The van der Waals surface area contributed by atoms with Crippen molar-refractivity contribution in [1.29, 1.82) is 0 Å². The Hall–Kier alpha value is -3.88. The van der Waals surface area contributed by atoms with E-state index in [0.29, 0.717) is 13.0 Å². The SMILES string of the molecule is CCCCCCCCCCCCC[C@@H](CC(=O)NCc1ccccc1)OC(=O)[C@H](CCCC(=O)OCc1ccccc1)NC(=O)OC(C)(C)C. The lowest BCUT2D eigenvalue weighted by atomic mass is 10.0. The van der Waals surface area contributed by atoms with Crippen LogP contribution in [0.2, 0.25) is 0 Å². The van der Waals surface area contributed by atoms with Gasteiger partial charge in [0.2, 0.25) is 5.91 Å². The Balaban J connectivity index is 1.96. The third kappa shape index (κ3) is 21.3. The van der Waals surface area contributed by atoms with Crippen molar-refractivity contribution in [2.75, 3.05) is 0 Å². The third-order valence-electron chi connectivity index (χ3n) is 8.25. The molecule has 0 aliphatic rings. The number of benzene rings is 2. The molecule has 9 nitrogen and oxygen atoms in total. The summed E-state index contributed by atoms with van der Waals surface area (Å²) < 4.78 is 16.7. The number of ether oxygens (including phenoxy) is 3. The van der Waals surface area contributed by atoms with Gasteiger partial charge in [0.1, 0.15) is 24.4 Å². The number of amides is 2. The van der Waals surface area contributed by atoms with E-state index in [4.69, 9.17) is 14.2 Å². The molecule has 2 N–H and O–H groups in total. The standard InChI is InChI=1S/C41H62N2O7/c1-5-6-7-8-9-10-11-12-13-14-21-27-35(30-37(44)42-31-33-23-17-15-18-24-33)49-39(46)36(43-40(47)50-41(2,3)4)28-22-29-38(45)48-32-34-25-19-16-20-26-34/h15-20,23-26,35-36H,5-14,21-22,27-32H2,1-4H3,(H,42,44)(H,43,47)/t35-,36-/m0/s1. The van der Waals surface area contributed by atoms with E-state index in [1.807, 2.05) is 60.7 Å². The molecule has 0 spiro atoms. The van der Waals surface area contributed by atoms with Crippen molar-refractivity contribution < 1.29 is 33.4 Å². The van der Waals surface area contributed by atoms with Crippen molar-refractivity contribution in [3.63, 3.8) is 0 Å². The van der Waals surface area contributed by atoms with Crippen LogP contribution in [-0.4, -0.2) is 41.7 Å². The maximum atomic E-state index is 13.6. The van der Waals surface area contributed by atoms with Gasteiger partial charge in [-0.2, -0.15) is 0 Å². The Labute approximate surface area is 300 Å². The van der Waals surface area contributed by atoms with Crippen molar-refractivity contribution in [2.24, 2.45) is 0 Å². The molecule has 2 amide bonds. The normalized spacial score (nSPS) is 12.4. The molecule has 0 unspecified atom stereocenters. The van der Waals surface area contributed by atoms with E-state index in [1.165, 1.54) is 51.4 Å². The maximum absolute atomic E-state index is 13.6. The van der Waals surface area contributed by atoms with Crippen molar-refractivity contribution in [3.8, 4) is 0 Å². The van der Waals surface area contributed by atoms with E-state index < -0.39 is 35.8 Å². The Bertz CT molecular complexity index is 1230. The highest BCUT2D eigenvalue weighted by Gasteiger charge is 2.28. The van der Waals surface area contributed by atoms with Crippen LogP contribution in [0.1, 0.15) is 142 Å². The fourth-order valence-electron chi connectivity index (χ4n) is 5.52. The number of carbonyl (C=O) groups is 4. The van der Waals surface area contributed by atoms with Gasteiger partial charge in [0.15, 0.2) is 0 Å². The lowest BCUT2D eigenvalue weighted by molar-refractivity contribution is -0.154. The largest absolute Gasteiger partial charge is 0.461 e. The topological polar surface area (TPSA) is 120 Å². The second-order valence-electron chi connectivity index (χ2n) is 14.1. The van der Waals surface area contributed by atoms with Gasteiger partial charge in [-0.15, -0.1) is 0 Å². The fraction of sp³-hybridized carbons (Fsp3) is 0.610. The second-order valence-corrected chi connectivity index (χ2v) is 14.1. The minimum absolute atomic E-state index is 0.0152. The Morgan fingerprint density at radius 1 is 0.700 bits per heavy atom. The molecule has 0 aliphatic carbocycles. The van der Waals surface area contributed by atoms with Crippen molar-refractivity contribution in [1.82, 2.24) is 10.6 Å². The summed E-state index contributed by atoms with van der Waals surface area (Å²) in [6.45, 7) is 7.98. The molecule has 0 fully saturated rings. The number of hydrogen-bond donors (Lipinski definition) is 2. The summed E-state index contributed by atoms with van der Waals surface area (Å²) in [7, 11) is 0. The Morgan fingerprint density at radius 2 is 1.26 bits per heavy atom. The monoisotopic (exact) mass is 694 g/mol. The number of esters is 2. The van der Waals surface area contributed by atoms with Gasteiger partial charge in [-0.3, -0.25) is 9.59 Å². The molecule has 2 atom stereocenters. The van der Waals surface area contributed by atoms with Crippen LogP contribution in [-0.2, 0) is 41.7 Å². The predicted molar refractivity (Wildman–Crippen MR) is 197 cm³/mol. The first kappa shape index (κ1) is 42.3. The molecule has 278 valence electrons. The molecule has 2 rings (SSSR count). The van der Waals surface area contributed by atoms with E-state index in [-0.39, 0.29) is 38.2 Å². The van der Waals surface area contributed by atoms with Gasteiger partial charge in [0, 0.05) is 13.0 Å². The van der Waals surface area contributed by atoms with Crippen molar-refractivity contribution in [3.05, 3.63) is 71.8 Å². The van der Waals surface area contributed by atoms with Gasteiger partial charge in [-0.1, -0.05) is 132 Å². The van der Waals surface area contributed by atoms with Gasteiger partial charge in [-0.05, 0) is 57.6 Å². The Morgan fingerprint density at radius 3 is 1.84 bits per heavy atom. The zero-order chi connectivity index (χ0) is 36.5. The molecule has 9 heteroatoms. The third-order valence-corrected chi connectivity index (χ3v) is 8.25. The van der Waals surface area contributed by atoms with Crippen molar-refractivity contribution >= 4 is 23.9 Å². The predicted octanol–water partition coefficient (Wildman–Crippen LogP) is 9.11. The summed E-state index contributed by atoms with van der Waals surface area (Å²) in [6, 6.07) is 18.0. The minimum atomic E-state index is -1.06. The van der Waals surface area contributed by atoms with Gasteiger partial charge in [0.25, 0.3) is 0 Å². The summed E-state index contributed by atoms with van der Waals surface area (Å²) in [5.74, 6) is -1.27. The van der Waals surface area contributed by atoms with Crippen LogP contribution in [0.3, 0.4) is 0 Å². The smallest absolute Gasteiger partial charge is 0.408 e. The van der Waals surface area contributed by atoms with Crippen LogP contribution >= 0.6 is 0 Å². The van der Waals surface area contributed by atoms with Crippen LogP contribution in [0.15, 0.2) is 60.7 Å². The van der Waals surface area contributed by atoms with Crippen LogP contribution in [0, 0.1) is 0 Å². The van der Waals surface area contributed by atoms with Crippen LogP contribution in [0.25, 0.3) is 0 Å². The van der Waals surface area contributed by atoms with Gasteiger partial charge in [0.05, 0.1) is 6.42 Å². The number of alkyl carbamates (subject to hydrolysis) is 1. The van der Waals surface area contributed by atoms with Gasteiger partial charge < -0.3 is 24.8 Å². The molecule has 0 bridgehead atoms. The van der Waals surface area contributed by atoms with E-state index in [2.05, 4.69) is 17.6 Å². The summed E-state index contributed by atoms with van der Waals surface area (Å²) in [5.41, 5.74) is 1.09. The lowest BCUT2D eigenvalue weighted by Crippen LogP contribution is -2.45. The van der Waals surface area contributed by atoms with Gasteiger partial charge in [-0.25, -0.2) is 9.59 Å². The summed E-state index contributed by atoms with van der Waals surface area (Å²) in [6.07, 6.45) is 12.7. The summed E-state index contributed by atoms with van der Waals surface area (Å²) in [5, 5.41) is 5.57. The van der Waals surface area contributed by atoms with Crippen molar-refractivity contribution in [2.45, 2.75) is 161 Å². The molecule has 2 aromatic carbocycles. The molecule has 50 heavy (non-hydrogen) atoms. The van der Waals surface area contributed by atoms with Crippen LogP contribution in [0.4, 0.5) is 4.79 Å². The molecule has 0 aromatic heterocycles. The van der Waals surface area contributed by atoms with Gasteiger partial charge >= 0.3 is 18.0 Å².